The number of hydrogen-bond donors (Lipinski definition) is 2. The number of nitrogens with two attached hydrogens (primary N) is 1. The number of anilines is 1. The van der Waals surface area contributed by atoms with Crippen LogP contribution in [0.5, 0.6) is 5.75 Å². The Kier molecular flexibility index (Phi) is 6.02. The van der Waals surface area contributed by atoms with E-state index in [1.165, 1.54) is 12.4 Å². The number of ether oxygens (including phenoxy) is 1. The van der Waals surface area contributed by atoms with Crippen LogP contribution in [0.4, 0.5) is 10.6 Å². The number of carbonyl (C=O) groups excluding carboxylic acids is 1. The van der Waals surface area contributed by atoms with Crippen molar-refractivity contribution < 1.29 is 9.53 Å². The van der Waals surface area contributed by atoms with E-state index in [4.69, 9.17) is 10.5 Å². The first-order valence-corrected chi connectivity index (χ1v) is 10.0. The van der Waals surface area contributed by atoms with E-state index >= 15 is 0 Å². The number of nitrogen functional groups attached to an aromatic ring is 1. The third-order valence-corrected chi connectivity index (χ3v) is 4.72. The number of aromatic nitrogens is 6. The number of amides is 1. The number of tetrazole rings is 1. The molecule has 0 aliphatic rings. The average Bonchev–Trinajstić information content (AvgIpc) is 3.28. The van der Waals surface area contributed by atoms with Crippen molar-refractivity contribution in [3.05, 3.63) is 71.9 Å². The summed E-state index contributed by atoms with van der Waals surface area (Å²) in [5.41, 5.74) is 9.78. The van der Waals surface area contributed by atoms with Crippen molar-refractivity contribution in [3.8, 4) is 22.6 Å². The summed E-state index contributed by atoms with van der Waals surface area (Å²) in [6.07, 6.45) is 2.96. The minimum Gasteiger partial charge on any atom is -0.410 e. The fraction of sp³-hybridized carbons (Fsp3) is 0.182. The molecule has 162 valence electrons. The Hall–Kier alpha value is -4.34. The maximum absolute atomic E-state index is 12.4. The van der Waals surface area contributed by atoms with Crippen LogP contribution < -0.4 is 15.8 Å². The van der Waals surface area contributed by atoms with Crippen LogP contribution in [0.15, 0.2) is 54.9 Å². The molecule has 0 saturated carbocycles. The van der Waals surface area contributed by atoms with Gasteiger partial charge in [0.1, 0.15) is 11.6 Å². The highest BCUT2D eigenvalue weighted by Gasteiger charge is 2.13. The highest BCUT2D eigenvalue weighted by Crippen LogP contribution is 2.28. The third-order valence-electron chi connectivity index (χ3n) is 4.72. The summed E-state index contributed by atoms with van der Waals surface area (Å²) in [7, 11) is 0. The van der Waals surface area contributed by atoms with Crippen molar-refractivity contribution in [1.82, 2.24) is 35.5 Å². The lowest BCUT2D eigenvalue weighted by Crippen LogP contribution is -2.26. The maximum Gasteiger partial charge on any atom is 0.412 e. The predicted octanol–water partition coefficient (Wildman–Crippen LogP) is 2.86. The van der Waals surface area contributed by atoms with Crippen molar-refractivity contribution in [2.45, 2.75) is 26.8 Å². The van der Waals surface area contributed by atoms with Gasteiger partial charge < -0.3 is 15.8 Å². The van der Waals surface area contributed by atoms with Gasteiger partial charge in [-0.25, -0.2) is 9.78 Å². The molecule has 0 fully saturated rings. The Labute approximate surface area is 184 Å². The Bertz CT molecular complexity index is 1220. The van der Waals surface area contributed by atoms with E-state index < -0.39 is 6.09 Å². The smallest absolute Gasteiger partial charge is 0.410 e. The van der Waals surface area contributed by atoms with Crippen molar-refractivity contribution >= 4 is 11.9 Å². The van der Waals surface area contributed by atoms with Crippen molar-refractivity contribution in [3.63, 3.8) is 0 Å². The van der Waals surface area contributed by atoms with E-state index in [1.54, 1.807) is 16.8 Å². The molecule has 0 atom stereocenters. The number of carbonyl (C=O) groups is 1. The summed E-state index contributed by atoms with van der Waals surface area (Å²) < 4.78 is 7.18. The minimum atomic E-state index is -0.622. The standard InChI is InChI=1S/C22H22N8O2/c1-3-21-27-28-29-30(21)18-8-16(15-6-4-14(2)5-7-15)9-19(10-18)32-22(31)26-12-17-11-25-20(23)13-24-17/h4-11,13H,3,12H2,1-2H3,(H2,23,25)(H,26,31). The molecule has 32 heavy (non-hydrogen) atoms. The van der Waals surface area contributed by atoms with Crippen LogP contribution in [-0.2, 0) is 13.0 Å². The van der Waals surface area contributed by atoms with Gasteiger partial charge in [0.15, 0.2) is 5.82 Å². The zero-order valence-corrected chi connectivity index (χ0v) is 17.7. The topological polar surface area (TPSA) is 134 Å². The summed E-state index contributed by atoms with van der Waals surface area (Å²) in [6, 6.07) is 13.5. The SMILES string of the molecule is CCc1nnnn1-c1cc(OC(=O)NCc2cnc(N)cn2)cc(-c2ccc(C)cc2)c1. The first-order valence-electron chi connectivity index (χ1n) is 10.0. The van der Waals surface area contributed by atoms with Gasteiger partial charge in [0.2, 0.25) is 0 Å². The molecule has 0 aliphatic heterocycles. The van der Waals surface area contributed by atoms with Gasteiger partial charge in [0.25, 0.3) is 0 Å². The molecular weight excluding hydrogens is 408 g/mol. The van der Waals surface area contributed by atoms with E-state index in [0.717, 1.165) is 16.7 Å². The quantitative estimate of drug-likeness (QED) is 0.477. The molecule has 0 aliphatic carbocycles. The molecule has 0 radical (unpaired) electrons. The fourth-order valence-electron chi connectivity index (χ4n) is 3.07. The molecular formula is C22H22N8O2. The van der Waals surface area contributed by atoms with E-state index in [-0.39, 0.29) is 6.54 Å². The van der Waals surface area contributed by atoms with Gasteiger partial charge in [-0.15, -0.1) is 5.10 Å². The molecule has 3 N–H and O–H groups in total. The number of aryl methyl sites for hydroxylation is 2. The molecule has 4 rings (SSSR count). The first-order chi connectivity index (χ1) is 15.5. The van der Waals surface area contributed by atoms with Crippen LogP contribution in [0.1, 0.15) is 24.0 Å². The van der Waals surface area contributed by atoms with Crippen LogP contribution in [0.3, 0.4) is 0 Å². The Morgan fingerprint density at radius 1 is 1.09 bits per heavy atom. The van der Waals surface area contributed by atoms with Gasteiger partial charge in [-0.3, -0.25) is 4.98 Å². The third kappa shape index (κ3) is 4.86. The van der Waals surface area contributed by atoms with Crippen molar-refractivity contribution in [2.75, 3.05) is 5.73 Å². The molecule has 1 amide bonds. The lowest BCUT2D eigenvalue weighted by molar-refractivity contribution is 0.200. The van der Waals surface area contributed by atoms with Crippen LogP contribution in [0, 0.1) is 6.92 Å². The largest absolute Gasteiger partial charge is 0.412 e. The maximum atomic E-state index is 12.4. The molecule has 0 saturated heterocycles. The number of nitrogens with one attached hydrogen (secondary N) is 1. The second kappa shape index (κ2) is 9.21. The number of rotatable bonds is 6. The highest BCUT2D eigenvalue weighted by atomic mass is 16.6. The Morgan fingerprint density at radius 3 is 2.62 bits per heavy atom. The van der Waals surface area contributed by atoms with Crippen LogP contribution >= 0.6 is 0 Å². The summed E-state index contributed by atoms with van der Waals surface area (Å²) >= 11 is 0. The van der Waals surface area contributed by atoms with Crippen LogP contribution in [0.2, 0.25) is 0 Å². The lowest BCUT2D eigenvalue weighted by Gasteiger charge is -2.12. The number of nitrogens with zero attached hydrogens (tertiary/aromatic N) is 6. The highest BCUT2D eigenvalue weighted by molar-refractivity contribution is 5.73. The van der Waals surface area contributed by atoms with E-state index in [0.29, 0.717) is 35.2 Å². The van der Waals surface area contributed by atoms with Crippen LogP contribution in [0.25, 0.3) is 16.8 Å². The van der Waals surface area contributed by atoms with Crippen molar-refractivity contribution in [2.24, 2.45) is 0 Å². The van der Waals surface area contributed by atoms with Gasteiger partial charge in [-0.05, 0) is 40.6 Å². The molecule has 10 heteroatoms. The number of hydrogen-bond acceptors (Lipinski definition) is 8. The zero-order valence-electron chi connectivity index (χ0n) is 17.7. The lowest BCUT2D eigenvalue weighted by atomic mass is 10.0. The van der Waals surface area contributed by atoms with E-state index in [2.05, 4.69) is 30.8 Å². The summed E-state index contributed by atoms with van der Waals surface area (Å²) in [5, 5.41) is 14.6. The van der Waals surface area contributed by atoms with Gasteiger partial charge in [-0.1, -0.05) is 36.8 Å². The summed E-state index contributed by atoms with van der Waals surface area (Å²) in [5.74, 6) is 1.37. The molecule has 0 spiro atoms. The minimum absolute atomic E-state index is 0.156. The van der Waals surface area contributed by atoms with E-state index in [1.807, 2.05) is 44.2 Å². The first kappa shape index (κ1) is 20.9. The summed E-state index contributed by atoms with van der Waals surface area (Å²) in [6.45, 7) is 4.15. The second-order valence-corrected chi connectivity index (χ2v) is 7.12. The molecule has 0 unspecified atom stereocenters. The second-order valence-electron chi connectivity index (χ2n) is 7.12. The van der Waals surface area contributed by atoms with E-state index in [9.17, 15) is 4.79 Å². The van der Waals surface area contributed by atoms with Gasteiger partial charge in [0, 0.05) is 12.5 Å². The molecule has 4 aromatic rings. The Morgan fingerprint density at radius 2 is 1.91 bits per heavy atom. The van der Waals surface area contributed by atoms with Crippen molar-refractivity contribution in [1.29, 1.82) is 0 Å². The molecule has 0 bridgehead atoms. The van der Waals surface area contributed by atoms with Gasteiger partial charge >= 0.3 is 6.09 Å². The molecule has 2 aromatic carbocycles. The Balaban J connectivity index is 1.60. The predicted molar refractivity (Wildman–Crippen MR) is 118 cm³/mol. The molecule has 2 aromatic heterocycles. The van der Waals surface area contributed by atoms with Gasteiger partial charge in [-0.2, -0.15) is 4.68 Å². The average molecular weight is 430 g/mol. The fourth-order valence-corrected chi connectivity index (χ4v) is 3.07. The normalized spacial score (nSPS) is 10.7. The molecule has 10 nitrogen and oxygen atoms in total. The monoisotopic (exact) mass is 430 g/mol. The van der Waals surface area contributed by atoms with Gasteiger partial charge in [0.05, 0.1) is 30.3 Å². The van der Waals surface area contributed by atoms with Crippen LogP contribution in [-0.4, -0.2) is 36.3 Å². The number of benzene rings is 2. The zero-order chi connectivity index (χ0) is 22.5. The summed E-state index contributed by atoms with van der Waals surface area (Å²) in [4.78, 5) is 20.5. The molecule has 2 heterocycles.